The Labute approximate surface area is 152 Å². The molecule has 0 saturated heterocycles. The Morgan fingerprint density at radius 2 is 1.88 bits per heavy atom. The third-order valence-corrected chi connectivity index (χ3v) is 3.72. The van der Waals surface area contributed by atoms with Crippen LogP contribution < -0.4 is 10.6 Å². The summed E-state index contributed by atoms with van der Waals surface area (Å²) in [6, 6.07) is 10.7. The zero-order valence-electron chi connectivity index (χ0n) is 13.5. The van der Waals surface area contributed by atoms with E-state index in [0.29, 0.717) is 11.2 Å². The molecule has 2 N–H and O–H groups in total. The number of rotatable bonds is 7. The van der Waals surface area contributed by atoms with E-state index < -0.39 is 24.4 Å². The maximum absolute atomic E-state index is 11.7. The molecule has 7 nitrogen and oxygen atoms in total. The second-order valence-corrected chi connectivity index (χ2v) is 5.93. The molecule has 132 valence electrons. The number of hydrogen-bond acceptors (Lipinski definition) is 5. The molecule has 1 aromatic heterocycles. The minimum absolute atomic E-state index is 0.0654. The highest BCUT2D eigenvalue weighted by molar-refractivity contribution is 9.10. The van der Waals surface area contributed by atoms with E-state index in [1.54, 1.807) is 6.07 Å². The molecule has 0 atom stereocenters. The van der Waals surface area contributed by atoms with Gasteiger partial charge in [-0.3, -0.25) is 14.4 Å². The average molecular weight is 409 g/mol. The van der Waals surface area contributed by atoms with Gasteiger partial charge in [-0.05, 0) is 46.1 Å². The Morgan fingerprint density at radius 1 is 1.12 bits per heavy atom. The summed E-state index contributed by atoms with van der Waals surface area (Å²) in [6.45, 7) is 1.53. The van der Waals surface area contributed by atoms with Gasteiger partial charge in [0.05, 0.1) is 0 Å². The topological polar surface area (TPSA) is 97.6 Å². The van der Waals surface area contributed by atoms with Crippen molar-refractivity contribution in [1.29, 1.82) is 0 Å². The van der Waals surface area contributed by atoms with E-state index in [1.165, 1.54) is 6.07 Å². The van der Waals surface area contributed by atoms with Crippen LogP contribution in [0, 0.1) is 6.92 Å². The molecule has 0 bridgehead atoms. The number of nitrogens with one attached hydrogen (secondary N) is 2. The maximum atomic E-state index is 11.7. The Morgan fingerprint density at radius 3 is 2.56 bits per heavy atom. The van der Waals surface area contributed by atoms with Crippen molar-refractivity contribution >= 4 is 33.7 Å². The van der Waals surface area contributed by atoms with Gasteiger partial charge in [0.15, 0.2) is 17.0 Å². The van der Waals surface area contributed by atoms with Crippen molar-refractivity contribution < 1.29 is 23.5 Å². The standard InChI is InChI=1S/C17H17BrN2O5/c1-11-4-2-3-5-12(11)8-19-15(21)10-24-16(22)9-20-17(23)13-6-7-14(18)25-13/h2-7H,8-10H2,1H3,(H,19,21)(H,20,23). The van der Waals surface area contributed by atoms with Gasteiger partial charge in [0.25, 0.3) is 11.8 Å². The van der Waals surface area contributed by atoms with Crippen LogP contribution in [0.15, 0.2) is 45.5 Å². The number of esters is 1. The molecule has 2 amide bonds. The highest BCUT2D eigenvalue weighted by Gasteiger charge is 2.13. The molecule has 1 aromatic carbocycles. The Bertz CT molecular complexity index is 772. The zero-order chi connectivity index (χ0) is 18.2. The van der Waals surface area contributed by atoms with Crippen LogP contribution in [0.3, 0.4) is 0 Å². The number of aryl methyl sites for hydroxylation is 1. The van der Waals surface area contributed by atoms with Crippen LogP contribution in [-0.2, 0) is 20.9 Å². The molecule has 0 aliphatic rings. The number of benzene rings is 1. The second-order valence-electron chi connectivity index (χ2n) is 5.15. The third-order valence-electron chi connectivity index (χ3n) is 3.29. The highest BCUT2D eigenvalue weighted by Crippen LogP contribution is 2.13. The number of amides is 2. The Balaban J connectivity index is 1.66. The van der Waals surface area contributed by atoms with Crippen molar-refractivity contribution in [2.45, 2.75) is 13.5 Å². The molecule has 2 rings (SSSR count). The van der Waals surface area contributed by atoms with Gasteiger partial charge in [-0.15, -0.1) is 0 Å². The van der Waals surface area contributed by atoms with E-state index in [-0.39, 0.29) is 12.3 Å². The fraction of sp³-hybridized carbons (Fsp3) is 0.235. The first-order valence-electron chi connectivity index (χ1n) is 7.46. The predicted molar refractivity (Wildman–Crippen MR) is 92.7 cm³/mol. The summed E-state index contributed by atoms with van der Waals surface area (Å²) >= 11 is 3.07. The summed E-state index contributed by atoms with van der Waals surface area (Å²) in [4.78, 5) is 34.9. The molecule has 0 spiro atoms. The van der Waals surface area contributed by atoms with Gasteiger partial charge < -0.3 is 19.8 Å². The van der Waals surface area contributed by atoms with Gasteiger partial charge in [-0.2, -0.15) is 0 Å². The normalized spacial score (nSPS) is 10.2. The zero-order valence-corrected chi connectivity index (χ0v) is 15.1. The molecule has 0 unspecified atom stereocenters. The maximum Gasteiger partial charge on any atom is 0.325 e. The minimum Gasteiger partial charge on any atom is -0.454 e. The van der Waals surface area contributed by atoms with E-state index in [2.05, 4.69) is 26.6 Å². The molecule has 25 heavy (non-hydrogen) atoms. The largest absolute Gasteiger partial charge is 0.454 e. The Hall–Kier alpha value is -2.61. The average Bonchev–Trinajstić information content (AvgIpc) is 3.03. The van der Waals surface area contributed by atoms with Crippen molar-refractivity contribution in [2.24, 2.45) is 0 Å². The highest BCUT2D eigenvalue weighted by atomic mass is 79.9. The van der Waals surface area contributed by atoms with E-state index in [0.717, 1.165) is 11.1 Å². The van der Waals surface area contributed by atoms with Crippen molar-refractivity contribution in [3.8, 4) is 0 Å². The lowest BCUT2D eigenvalue weighted by molar-refractivity contribution is -0.147. The molecule has 8 heteroatoms. The Kier molecular flexibility index (Phi) is 6.76. The van der Waals surface area contributed by atoms with Crippen LogP contribution in [0.5, 0.6) is 0 Å². The van der Waals surface area contributed by atoms with Crippen molar-refractivity contribution in [2.75, 3.05) is 13.2 Å². The third kappa shape index (κ3) is 6.07. The van der Waals surface area contributed by atoms with Crippen LogP contribution in [0.2, 0.25) is 0 Å². The van der Waals surface area contributed by atoms with E-state index in [9.17, 15) is 14.4 Å². The second kappa shape index (κ2) is 9.03. The molecule has 0 aliphatic carbocycles. The van der Waals surface area contributed by atoms with Crippen molar-refractivity contribution in [3.05, 3.63) is 58.0 Å². The summed E-state index contributed by atoms with van der Waals surface area (Å²) in [5.41, 5.74) is 2.05. The van der Waals surface area contributed by atoms with Crippen LogP contribution in [0.1, 0.15) is 21.7 Å². The molecule has 0 radical (unpaired) electrons. The predicted octanol–water partition coefficient (Wildman–Crippen LogP) is 1.94. The number of furan rings is 1. The quantitative estimate of drug-likeness (QED) is 0.682. The van der Waals surface area contributed by atoms with E-state index >= 15 is 0 Å². The summed E-state index contributed by atoms with van der Waals surface area (Å²) in [7, 11) is 0. The van der Waals surface area contributed by atoms with Gasteiger partial charge >= 0.3 is 5.97 Å². The van der Waals surface area contributed by atoms with Gasteiger partial charge in [0.2, 0.25) is 0 Å². The van der Waals surface area contributed by atoms with Gasteiger partial charge in [-0.1, -0.05) is 24.3 Å². The van der Waals surface area contributed by atoms with Crippen molar-refractivity contribution in [1.82, 2.24) is 10.6 Å². The van der Waals surface area contributed by atoms with Crippen LogP contribution in [0.25, 0.3) is 0 Å². The molecule has 0 fully saturated rings. The summed E-state index contributed by atoms with van der Waals surface area (Å²) in [5, 5.41) is 5.01. The summed E-state index contributed by atoms with van der Waals surface area (Å²) in [5.74, 6) is -1.62. The van der Waals surface area contributed by atoms with Crippen molar-refractivity contribution in [3.63, 3.8) is 0 Å². The molecule has 0 aliphatic heterocycles. The molecule has 0 saturated carbocycles. The van der Waals surface area contributed by atoms with Crippen LogP contribution >= 0.6 is 15.9 Å². The lowest BCUT2D eigenvalue weighted by atomic mass is 10.1. The fourth-order valence-corrected chi connectivity index (χ4v) is 2.23. The lowest BCUT2D eigenvalue weighted by Crippen LogP contribution is -2.33. The molecular formula is C17H17BrN2O5. The van der Waals surface area contributed by atoms with Crippen LogP contribution in [-0.4, -0.2) is 30.9 Å². The SMILES string of the molecule is Cc1ccccc1CNC(=O)COC(=O)CNC(=O)c1ccc(Br)o1. The lowest BCUT2D eigenvalue weighted by Gasteiger charge is -2.08. The number of ether oxygens (including phenoxy) is 1. The van der Waals surface area contributed by atoms with Crippen LogP contribution in [0.4, 0.5) is 0 Å². The van der Waals surface area contributed by atoms with E-state index in [1.807, 2.05) is 31.2 Å². The number of hydrogen-bond donors (Lipinski definition) is 2. The first-order valence-corrected chi connectivity index (χ1v) is 8.25. The number of halogens is 1. The monoisotopic (exact) mass is 408 g/mol. The van der Waals surface area contributed by atoms with E-state index in [4.69, 9.17) is 9.15 Å². The minimum atomic E-state index is -0.718. The number of carbonyl (C=O) groups is 3. The number of carbonyl (C=O) groups excluding carboxylic acids is 3. The van der Waals surface area contributed by atoms with Gasteiger partial charge in [0.1, 0.15) is 6.54 Å². The molecular weight excluding hydrogens is 392 g/mol. The molecule has 2 aromatic rings. The summed E-state index contributed by atoms with van der Waals surface area (Å²) in [6.07, 6.45) is 0. The fourth-order valence-electron chi connectivity index (χ4n) is 1.93. The molecule has 1 heterocycles. The summed E-state index contributed by atoms with van der Waals surface area (Å²) < 4.78 is 10.3. The smallest absolute Gasteiger partial charge is 0.325 e. The first-order chi connectivity index (χ1) is 12.0. The van der Waals surface area contributed by atoms with Gasteiger partial charge in [-0.25, -0.2) is 0 Å². The first kappa shape index (κ1) is 18.7. The van der Waals surface area contributed by atoms with Gasteiger partial charge in [0, 0.05) is 6.54 Å².